The molecule has 1 aliphatic rings. The van der Waals surface area contributed by atoms with Gasteiger partial charge in [-0.1, -0.05) is 6.07 Å². The molecule has 0 bridgehead atoms. The Kier molecular flexibility index (Phi) is 8.43. The summed E-state index contributed by atoms with van der Waals surface area (Å²) in [6, 6.07) is 10.1. The molecule has 0 aliphatic carbocycles. The molecule has 4 rings (SSSR count). The third-order valence-corrected chi connectivity index (χ3v) is 6.95. The van der Waals surface area contributed by atoms with Crippen molar-refractivity contribution < 1.29 is 34.4 Å². The van der Waals surface area contributed by atoms with Crippen molar-refractivity contribution in [3.8, 4) is 17.6 Å². The Labute approximate surface area is 231 Å². The van der Waals surface area contributed by atoms with Gasteiger partial charge in [-0.2, -0.15) is 22.1 Å². The van der Waals surface area contributed by atoms with Gasteiger partial charge in [-0.05, 0) is 35.9 Å². The Morgan fingerprint density at radius 1 is 1.00 bits per heavy atom. The van der Waals surface area contributed by atoms with Gasteiger partial charge in [-0.15, -0.1) is 0 Å². The van der Waals surface area contributed by atoms with Crippen LogP contribution in [-0.2, 0) is 44.7 Å². The highest BCUT2D eigenvalue weighted by atomic mass is 32.2. The molecular weight excluding hydrogens is 565 g/mol. The van der Waals surface area contributed by atoms with Crippen molar-refractivity contribution >= 4 is 26.1 Å². The van der Waals surface area contributed by atoms with Crippen LogP contribution in [0.2, 0.25) is 0 Å². The molecule has 12 nitrogen and oxygen atoms in total. The summed E-state index contributed by atoms with van der Waals surface area (Å²) in [4.78, 5) is 20.6. The van der Waals surface area contributed by atoms with Crippen LogP contribution in [0.15, 0.2) is 48.9 Å². The van der Waals surface area contributed by atoms with E-state index in [0.29, 0.717) is 31.7 Å². The predicted octanol–water partition coefficient (Wildman–Crippen LogP) is 1.46. The maximum atomic E-state index is 14.0. The molecule has 2 heterocycles. The van der Waals surface area contributed by atoms with Gasteiger partial charge in [0.1, 0.15) is 23.4 Å². The summed E-state index contributed by atoms with van der Waals surface area (Å²) in [5, 5.41) is 8.93. The lowest BCUT2D eigenvalue weighted by Gasteiger charge is -2.34. The van der Waals surface area contributed by atoms with Gasteiger partial charge in [0, 0.05) is 44.5 Å². The van der Waals surface area contributed by atoms with E-state index in [9.17, 15) is 26.0 Å². The molecule has 1 aliphatic heterocycles. The molecule has 1 saturated heterocycles. The van der Waals surface area contributed by atoms with Gasteiger partial charge in [-0.25, -0.2) is 9.37 Å². The fourth-order valence-corrected chi connectivity index (χ4v) is 5.15. The van der Waals surface area contributed by atoms with E-state index < -0.39 is 26.1 Å². The smallest absolute Gasteiger partial charge is 0.306 e. The molecule has 212 valence electrons. The zero-order valence-corrected chi connectivity index (χ0v) is 23.3. The average molecular weight is 592 g/mol. The first-order chi connectivity index (χ1) is 18.8. The van der Waals surface area contributed by atoms with Gasteiger partial charge in [0.2, 0.25) is 5.91 Å². The van der Waals surface area contributed by atoms with E-state index in [0.717, 1.165) is 18.2 Å². The van der Waals surface area contributed by atoms with E-state index in [1.165, 1.54) is 35.2 Å². The van der Waals surface area contributed by atoms with E-state index in [1.54, 1.807) is 24.7 Å². The van der Waals surface area contributed by atoms with Crippen LogP contribution in [0.25, 0.3) is 0 Å². The number of rotatable bonds is 10. The largest absolute Gasteiger partial charge is 0.383 e. The lowest BCUT2D eigenvalue weighted by molar-refractivity contribution is -0.136. The number of carbonyl (C=O) groups is 1. The number of nitriles is 1. The molecule has 1 aromatic heterocycles. The van der Waals surface area contributed by atoms with E-state index >= 15 is 0 Å². The lowest BCUT2D eigenvalue weighted by atomic mass is 10.1. The quantitative estimate of drug-likeness (QED) is 0.317. The highest BCUT2D eigenvalue weighted by Gasteiger charge is 2.26. The summed E-state index contributed by atoms with van der Waals surface area (Å²) in [5.74, 6) is -0.908. The maximum absolute atomic E-state index is 14.0. The van der Waals surface area contributed by atoms with Crippen molar-refractivity contribution in [3.63, 3.8) is 0 Å². The predicted molar refractivity (Wildman–Crippen MR) is 141 cm³/mol. The molecule has 3 aromatic rings. The second-order valence-electron chi connectivity index (χ2n) is 9.31. The van der Waals surface area contributed by atoms with E-state index in [1.807, 2.05) is 9.47 Å². The molecule has 0 radical (unpaired) electrons. The third-order valence-electron chi connectivity index (χ3n) is 5.97. The fourth-order valence-electron chi connectivity index (χ4n) is 4.21. The summed E-state index contributed by atoms with van der Waals surface area (Å²) in [5.41, 5.74) is 1.70. The molecule has 0 N–H and O–H groups in total. The number of nitrogens with zero attached hydrogens (tertiary/aromatic N) is 5. The maximum Gasteiger partial charge on any atom is 0.306 e. The van der Waals surface area contributed by atoms with Crippen LogP contribution in [0.3, 0.4) is 0 Å². The van der Waals surface area contributed by atoms with E-state index in [2.05, 4.69) is 4.98 Å². The van der Waals surface area contributed by atoms with Gasteiger partial charge in [-0.3, -0.25) is 9.69 Å². The molecule has 2 aromatic carbocycles. The summed E-state index contributed by atoms with van der Waals surface area (Å²) in [6.45, 7) is 1.58. The zero-order chi connectivity index (χ0) is 29.1. The monoisotopic (exact) mass is 591 g/mol. The number of benzene rings is 2. The third kappa shape index (κ3) is 7.78. The van der Waals surface area contributed by atoms with Gasteiger partial charge in [0.05, 0.1) is 36.6 Å². The van der Waals surface area contributed by atoms with Crippen molar-refractivity contribution in [2.75, 3.05) is 32.1 Å². The van der Waals surface area contributed by atoms with Crippen molar-refractivity contribution in [3.05, 3.63) is 77.1 Å². The second kappa shape index (κ2) is 11.6. The van der Waals surface area contributed by atoms with Crippen LogP contribution in [0.1, 0.15) is 22.4 Å². The number of piperazine rings is 1. The molecule has 0 saturated carbocycles. The first kappa shape index (κ1) is 29.0. The highest BCUT2D eigenvalue weighted by Crippen LogP contribution is 2.28. The summed E-state index contributed by atoms with van der Waals surface area (Å²) in [6.07, 6.45) is 5.03. The molecule has 15 heteroatoms. The number of halogens is 1. The van der Waals surface area contributed by atoms with Gasteiger partial charge in [0.25, 0.3) is 0 Å². The highest BCUT2D eigenvalue weighted by molar-refractivity contribution is 7.86. The van der Waals surface area contributed by atoms with Crippen LogP contribution in [-0.4, -0.2) is 74.2 Å². The Morgan fingerprint density at radius 2 is 1.75 bits per heavy atom. The van der Waals surface area contributed by atoms with Crippen molar-refractivity contribution in [2.24, 2.45) is 0 Å². The van der Waals surface area contributed by atoms with E-state index in [4.69, 9.17) is 13.6 Å². The van der Waals surface area contributed by atoms with Gasteiger partial charge >= 0.3 is 20.2 Å². The molecule has 0 atom stereocenters. The fraction of sp³-hybridized carbons (Fsp3) is 0.320. The number of aromatic nitrogens is 2. The number of hydrogen-bond acceptors (Lipinski definition) is 10. The average Bonchev–Trinajstić information content (AvgIpc) is 3.27. The minimum atomic E-state index is -3.89. The minimum Gasteiger partial charge on any atom is -0.383 e. The van der Waals surface area contributed by atoms with Gasteiger partial charge in [0.15, 0.2) is 0 Å². The summed E-state index contributed by atoms with van der Waals surface area (Å²) >= 11 is 0. The summed E-state index contributed by atoms with van der Waals surface area (Å²) < 4.78 is 72.4. The van der Waals surface area contributed by atoms with Crippen LogP contribution in [0.5, 0.6) is 11.5 Å². The summed E-state index contributed by atoms with van der Waals surface area (Å²) in [7, 11) is -7.72. The van der Waals surface area contributed by atoms with Crippen molar-refractivity contribution in [1.82, 2.24) is 19.4 Å². The molecule has 1 amide bonds. The number of imidazole rings is 1. The number of hydrogen-bond donors (Lipinski definition) is 0. The topological polar surface area (TPSA) is 152 Å². The number of carbonyl (C=O) groups excluding carboxylic acids is 1. The molecule has 0 spiro atoms. The Bertz CT molecular complexity index is 1680. The van der Waals surface area contributed by atoms with E-state index in [-0.39, 0.29) is 41.6 Å². The molecular formula is C25H26FN5O7S2. The van der Waals surface area contributed by atoms with Crippen LogP contribution in [0, 0.1) is 17.1 Å². The first-order valence-electron chi connectivity index (χ1n) is 11.9. The standard InChI is InChI=1S/C25H26FN5O7S2/c1-39(33,34)37-22-5-6-24(38-40(2,35)36)20(10-22)14-30-8-7-29(16-25(30)32)15-21-12-28-17-31(21)13-18-3-4-19(11-27)23(26)9-18/h3-6,9-10,12,17H,7-8,13-16H2,1-2H3. The first-order valence-corrected chi connectivity index (χ1v) is 15.5. The lowest BCUT2D eigenvalue weighted by Crippen LogP contribution is -2.49. The van der Waals surface area contributed by atoms with Crippen molar-refractivity contribution in [2.45, 2.75) is 19.6 Å². The minimum absolute atomic E-state index is 0.0271. The van der Waals surface area contributed by atoms with Crippen LogP contribution in [0.4, 0.5) is 4.39 Å². The Balaban J connectivity index is 1.43. The second-order valence-corrected chi connectivity index (χ2v) is 12.5. The van der Waals surface area contributed by atoms with Gasteiger partial charge < -0.3 is 17.8 Å². The molecule has 1 fully saturated rings. The van der Waals surface area contributed by atoms with Crippen LogP contribution >= 0.6 is 0 Å². The Hall–Kier alpha value is -4.00. The van der Waals surface area contributed by atoms with Crippen LogP contribution < -0.4 is 8.37 Å². The zero-order valence-electron chi connectivity index (χ0n) is 21.6. The molecule has 40 heavy (non-hydrogen) atoms. The number of amides is 1. The normalized spacial score (nSPS) is 14.7. The van der Waals surface area contributed by atoms with Crippen molar-refractivity contribution in [1.29, 1.82) is 5.26 Å². The SMILES string of the molecule is CS(=O)(=O)Oc1ccc(OS(C)(=O)=O)c(CN2CCN(Cc3cncn3Cc3ccc(C#N)c(F)c3)CC2=O)c1. The Morgan fingerprint density at radius 3 is 2.40 bits per heavy atom. The molecule has 0 unspecified atom stereocenters.